The van der Waals surface area contributed by atoms with Crippen LogP contribution in [0.4, 0.5) is 11.4 Å². The van der Waals surface area contributed by atoms with E-state index in [1.165, 1.54) is 6.07 Å². The number of aromatic hydroxyl groups is 1. The second kappa shape index (κ2) is 4.31. The Morgan fingerprint density at radius 2 is 2.00 bits per heavy atom. The van der Waals surface area contributed by atoms with Crippen molar-refractivity contribution in [3.8, 4) is 5.75 Å². The molecule has 0 fully saturated rings. The Bertz CT molecular complexity index is 652. The van der Waals surface area contributed by atoms with Crippen molar-refractivity contribution in [1.82, 2.24) is 0 Å². The fourth-order valence-electron chi connectivity index (χ4n) is 2.48. The predicted molar refractivity (Wildman–Crippen MR) is 74.3 cm³/mol. The van der Waals surface area contributed by atoms with Gasteiger partial charge in [-0.05, 0) is 36.2 Å². The lowest BCUT2D eigenvalue weighted by Gasteiger charge is -2.19. The zero-order valence-corrected chi connectivity index (χ0v) is 10.3. The maximum atomic E-state index is 12.5. The molecule has 2 aromatic carbocycles. The van der Waals surface area contributed by atoms with Crippen LogP contribution in [0, 0.1) is 0 Å². The zero-order valence-electron chi connectivity index (χ0n) is 10.3. The lowest BCUT2D eigenvalue weighted by Crippen LogP contribution is -2.29. The second-order valence-corrected chi connectivity index (χ2v) is 4.61. The van der Waals surface area contributed by atoms with E-state index in [4.69, 9.17) is 5.73 Å². The standard InChI is InChI=1S/C15H14N2O2/c16-13-6-2-3-10-7-8-17(14(10)13)15(19)11-4-1-5-12(18)9-11/h1-6,9,18H,7-8,16H2. The van der Waals surface area contributed by atoms with Crippen molar-refractivity contribution in [1.29, 1.82) is 0 Å². The number of carbonyl (C=O) groups is 1. The molecule has 0 bridgehead atoms. The molecule has 4 heteroatoms. The Balaban J connectivity index is 2.00. The first-order valence-electron chi connectivity index (χ1n) is 6.15. The predicted octanol–water partition coefficient (Wildman–Crippen LogP) is 2.18. The van der Waals surface area contributed by atoms with Crippen LogP contribution in [0.5, 0.6) is 5.75 Å². The Labute approximate surface area is 111 Å². The minimum Gasteiger partial charge on any atom is -0.508 e. The van der Waals surface area contributed by atoms with Crippen LogP contribution >= 0.6 is 0 Å². The van der Waals surface area contributed by atoms with Gasteiger partial charge in [0.25, 0.3) is 5.91 Å². The molecular formula is C15H14N2O2. The van der Waals surface area contributed by atoms with Crippen molar-refractivity contribution < 1.29 is 9.90 Å². The van der Waals surface area contributed by atoms with Crippen molar-refractivity contribution in [3.05, 3.63) is 53.6 Å². The highest BCUT2D eigenvalue weighted by atomic mass is 16.3. The van der Waals surface area contributed by atoms with E-state index in [9.17, 15) is 9.90 Å². The highest BCUT2D eigenvalue weighted by Crippen LogP contribution is 2.34. The number of nitrogen functional groups attached to an aromatic ring is 1. The third-order valence-corrected chi connectivity index (χ3v) is 3.36. The summed E-state index contributed by atoms with van der Waals surface area (Å²) in [6.45, 7) is 0.623. The molecule has 1 amide bonds. The maximum absolute atomic E-state index is 12.5. The molecule has 1 aliphatic heterocycles. The lowest BCUT2D eigenvalue weighted by molar-refractivity contribution is 0.0989. The van der Waals surface area contributed by atoms with Crippen LogP contribution < -0.4 is 10.6 Å². The van der Waals surface area contributed by atoms with Gasteiger partial charge in [-0.3, -0.25) is 4.79 Å². The number of nitrogens with zero attached hydrogens (tertiary/aromatic N) is 1. The number of anilines is 2. The Morgan fingerprint density at radius 3 is 2.79 bits per heavy atom. The molecule has 1 heterocycles. The summed E-state index contributed by atoms with van der Waals surface area (Å²) in [5.74, 6) is -0.0427. The van der Waals surface area contributed by atoms with Gasteiger partial charge in [0.1, 0.15) is 5.75 Å². The van der Waals surface area contributed by atoms with E-state index in [0.717, 1.165) is 17.7 Å². The average molecular weight is 254 g/mol. The van der Waals surface area contributed by atoms with E-state index in [2.05, 4.69) is 0 Å². The Kier molecular flexibility index (Phi) is 2.63. The maximum Gasteiger partial charge on any atom is 0.258 e. The van der Waals surface area contributed by atoms with E-state index < -0.39 is 0 Å². The van der Waals surface area contributed by atoms with Crippen LogP contribution in [0.3, 0.4) is 0 Å². The summed E-state index contributed by atoms with van der Waals surface area (Å²) in [6.07, 6.45) is 0.810. The molecule has 19 heavy (non-hydrogen) atoms. The fourth-order valence-corrected chi connectivity index (χ4v) is 2.48. The number of hydrogen-bond acceptors (Lipinski definition) is 3. The number of nitrogens with two attached hydrogens (primary N) is 1. The first-order chi connectivity index (χ1) is 9.16. The molecule has 0 atom stereocenters. The van der Waals surface area contributed by atoms with Crippen LogP contribution in [-0.2, 0) is 6.42 Å². The summed E-state index contributed by atoms with van der Waals surface area (Å²) < 4.78 is 0. The number of rotatable bonds is 1. The third kappa shape index (κ3) is 1.91. The minimum absolute atomic E-state index is 0.0892. The summed E-state index contributed by atoms with van der Waals surface area (Å²) in [4.78, 5) is 14.2. The third-order valence-electron chi connectivity index (χ3n) is 3.36. The van der Waals surface area contributed by atoms with Crippen molar-refractivity contribution >= 4 is 17.3 Å². The molecule has 0 aromatic heterocycles. The van der Waals surface area contributed by atoms with E-state index in [1.54, 1.807) is 29.2 Å². The number of para-hydroxylation sites is 1. The van der Waals surface area contributed by atoms with Gasteiger partial charge in [-0.15, -0.1) is 0 Å². The SMILES string of the molecule is Nc1cccc2c1N(C(=O)c1cccc(O)c1)CC2. The van der Waals surface area contributed by atoms with Gasteiger partial charge in [0.2, 0.25) is 0 Å². The van der Waals surface area contributed by atoms with Gasteiger partial charge in [0, 0.05) is 12.1 Å². The van der Waals surface area contributed by atoms with Crippen LogP contribution in [0.1, 0.15) is 15.9 Å². The van der Waals surface area contributed by atoms with Gasteiger partial charge >= 0.3 is 0 Å². The molecule has 3 N–H and O–H groups in total. The zero-order chi connectivity index (χ0) is 13.4. The highest BCUT2D eigenvalue weighted by molar-refractivity contribution is 6.09. The largest absolute Gasteiger partial charge is 0.508 e. The van der Waals surface area contributed by atoms with Gasteiger partial charge in [0.05, 0.1) is 11.4 Å². The molecule has 0 saturated carbocycles. The van der Waals surface area contributed by atoms with Gasteiger partial charge in [-0.25, -0.2) is 0 Å². The number of hydrogen-bond donors (Lipinski definition) is 2. The topological polar surface area (TPSA) is 66.6 Å². The van der Waals surface area contributed by atoms with Crippen molar-refractivity contribution in [3.63, 3.8) is 0 Å². The van der Waals surface area contributed by atoms with Crippen LogP contribution in [0.25, 0.3) is 0 Å². The molecule has 0 saturated heterocycles. The normalized spacial score (nSPS) is 13.4. The number of fused-ring (bicyclic) bond motifs is 1. The summed E-state index contributed by atoms with van der Waals surface area (Å²) in [7, 11) is 0. The van der Waals surface area contributed by atoms with Crippen LogP contribution in [0.2, 0.25) is 0 Å². The Hall–Kier alpha value is -2.49. The number of phenols is 1. The number of phenolic OH excluding ortho intramolecular Hbond substituents is 1. The van der Waals surface area contributed by atoms with Crippen molar-refractivity contribution in [2.45, 2.75) is 6.42 Å². The molecule has 0 unspecified atom stereocenters. The molecule has 2 aromatic rings. The summed E-state index contributed by atoms with van der Waals surface area (Å²) in [6, 6.07) is 12.1. The fraction of sp³-hybridized carbons (Fsp3) is 0.133. The first kappa shape index (κ1) is 11.6. The molecule has 3 rings (SSSR count). The van der Waals surface area contributed by atoms with Crippen molar-refractivity contribution in [2.75, 3.05) is 17.2 Å². The molecule has 1 aliphatic rings. The molecule has 0 aliphatic carbocycles. The van der Waals surface area contributed by atoms with E-state index in [-0.39, 0.29) is 11.7 Å². The van der Waals surface area contributed by atoms with Crippen molar-refractivity contribution in [2.24, 2.45) is 0 Å². The smallest absolute Gasteiger partial charge is 0.258 e. The van der Waals surface area contributed by atoms with Gasteiger partial charge < -0.3 is 15.7 Å². The monoisotopic (exact) mass is 254 g/mol. The first-order valence-corrected chi connectivity index (χ1v) is 6.15. The van der Waals surface area contributed by atoms with E-state index in [0.29, 0.717) is 17.8 Å². The van der Waals surface area contributed by atoms with Gasteiger partial charge in [0.15, 0.2) is 0 Å². The van der Waals surface area contributed by atoms with Gasteiger partial charge in [-0.1, -0.05) is 18.2 Å². The minimum atomic E-state index is -0.132. The van der Waals surface area contributed by atoms with Crippen LogP contribution in [-0.4, -0.2) is 17.6 Å². The Morgan fingerprint density at radius 1 is 1.21 bits per heavy atom. The average Bonchev–Trinajstić information content (AvgIpc) is 2.83. The van der Waals surface area contributed by atoms with E-state index in [1.807, 2.05) is 12.1 Å². The van der Waals surface area contributed by atoms with E-state index >= 15 is 0 Å². The molecule has 0 radical (unpaired) electrons. The quantitative estimate of drug-likeness (QED) is 0.766. The molecule has 0 spiro atoms. The summed E-state index contributed by atoms with van der Waals surface area (Å²) in [5, 5.41) is 9.46. The lowest BCUT2D eigenvalue weighted by atomic mass is 10.1. The molecular weight excluding hydrogens is 240 g/mol. The molecule has 4 nitrogen and oxygen atoms in total. The molecule has 96 valence electrons. The van der Waals surface area contributed by atoms with Gasteiger partial charge in [-0.2, -0.15) is 0 Å². The summed E-state index contributed by atoms with van der Waals surface area (Å²) >= 11 is 0. The second-order valence-electron chi connectivity index (χ2n) is 4.61. The number of benzene rings is 2. The number of carbonyl (C=O) groups excluding carboxylic acids is 1. The number of amides is 1. The summed E-state index contributed by atoms with van der Waals surface area (Å²) in [5.41, 5.74) is 8.94. The van der Waals surface area contributed by atoms with Crippen LogP contribution in [0.15, 0.2) is 42.5 Å². The highest BCUT2D eigenvalue weighted by Gasteiger charge is 2.27.